The first kappa shape index (κ1) is 33.6. The van der Waals surface area contributed by atoms with Gasteiger partial charge in [-0.15, -0.1) is 12.1 Å². The van der Waals surface area contributed by atoms with Crippen molar-refractivity contribution in [2.24, 2.45) is 0 Å². The first-order valence-corrected chi connectivity index (χ1v) is 17.7. The van der Waals surface area contributed by atoms with E-state index in [2.05, 4.69) is 46.9 Å². The summed E-state index contributed by atoms with van der Waals surface area (Å²) in [7, 11) is 9.59. The van der Waals surface area contributed by atoms with Crippen LogP contribution in [0.4, 0.5) is 0 Å². The maximum atomic E-state index is 5.18. The number of rotatable bonds is 4. The Hall–Kier alpha value is 1.60. The van der Waals surface area contributed by atoms with Crippen molar-refractivity contribution in [2.75, 3.05) is 50.8 Å². The summed E-state index contributed by atoms with van der Waals surface area (Å²) in [6.07, 6.45) is 4.93. The zero-order valence-corrected chi connectivity index (χ0v) is 26.3. The molecule has 0 spiro atoms. The van der Waals surface area contributed by atoms with Crippen molar-refractivity contribution >= 4 is 43.7 Å². The third kappa shape index (κ3) is 18.0. The van der Waals surface area contributed by atoms with E-state index in [-0.39, 0.29) is 22.6 Å². The molecule has 1 aliphatic carbocycles. The summed E-state index contributed by atoms with van der Waals surface area (Å²) in [6.45, 7) is 18.6. The molecule has 0 bridgehead atoms. The van der Waals surface area contributed by atoms with Gasteiger partial charge in [0.1, 0.15) is 0 Å². The molecule has 0 aromatic rings. The number of halogens is 2. The van der Waals surface area contributed by atoms with Crippen LogP contribution in [0.2, 0.25) is 0 Å². The van der Waals surface area contributed by atoms with E-state index in [1.54, 1.807) is 0 Å². The SMILES string of the molecule is CC(C)(C)SC[C@H]1C[N-][C@@H]2CCCC[C@H]2[N-]C[C@H](CSC(C)(C)C)[N-]CC[N-]CC[N-]1.[Cl][Mn][Cl]. The van der Waals surface area contributed by atoms with Crippen LogP contribution < -0.4 is 0 Å². The van der Waals surface area contributed by atoms with Gasteiger partial charge in [0.15, 0.2) is 0 Å². The van der Waals surface area contributed by atoms with Gasteiger partial charge < -0.3 is 26.6 Å². The maximum absolute atomic E-state index is 5.18. The van der Waals surface area contributed by atoms with E-state index in [0.29, 0.717) is 24.2 Å². The fourth-order valence-electron chi connectivity index (χ4n) is 3.78. The van der Waals surface area contributed by atoms with Crippen molar-refractivity contribution in [3.63, 3.8) is 0 Å². The Morgan fingerprint density at radius 2 is 1.06 bits per heavy atom. The normalized spacial score (nSPS) is 28.6. The van der Waals surface area contributed by atoms with Gasteiger partial charge >= 0.3 is 33.3 Å². The predicted molar refractivity (Wildman–Crippen MR) is 156 cm³/mol. The predicted octanol–water partition coefficient (Wildman–Crippen LogP) is 8.36. The van der Waals surface area contributed by atoms with Crippen LogP contribution in [0.5, 0.6) is 0 Å². The second-order valence-electron chi connectivity index (χ2n) is 10.8. The molecule has 4 atom stereocenters. The van der Waals surface area contributed by atoms with Crippen molar-refractivity contribution in [3.8, 4) is 0 Å². The van der Waals surface area contributed by atoms with Gasteiger partial charge in [0, 0.05) is 9.49 Å². The molecule has 1 saturated carbocycles. The van der Waals surface area contributed by atoms with Gasteiger partial charge in [0.25, 0.3) is 0 Å². The van der Waals surface area contributed by atoms with E-state index < -0.39 is 0 Å². The van der Waals surface area contributed by atoms with Gasteiger partial charge in [-0.25, -0.2) is 0 Å². The molecule has 2 rings (SSSR count). The Kier molecular flexibility index (Phi) is 18.6. The zero-order valence-electron chi connectivity index (χ0n) is 22.0. The molecule has 2 aliphatic rings. The molecule has 0 aromatic carbocycles. The third-order valence-electron chi connectivity index (χ3n) is 5.50. The van der Waals surface area contributed by atoms with E-state index in [1.807, 2.05) is 23.5 Å². The fraction of sp³-hybridized carbons (Fsp3) is 1.00. The van der Waals surface area contributed by atoms with E-state index in [9.17, 15) is 0 Å². The molecule has 5 nitrogen and oxygen atoms in total. The molecular formula is C24H46Cl2MnN5S2-5. The molecule has 1 heterocycles. The van der Waals surface area contributed by atoms with Gasteiger partial charge in [0.05, 0.1) is 0 Å². The average Bonchev–Trinajstić information content (AvgIpc) is 2.75. The van der Waals surface area contributed by atoms with Crippen LogP contribution in [0.25, 0.3) is 26.6 Å². The third-order valence-corrected chi connectivity index (χ3v) is 8.34. The number of fused-ring (bicyclic) bond motifs is 1. The summed E-state index contributed by atoms with van der Waals surface area (Å²) < 4.78 is 0.530. The molecule has 34 heavy (non-hydrogen) atoms. The van der Waals surface area contributed by atoms with Crippen LogP contribution in [0, 0.1) is 0 Å². The molecule has 2 fully saturated rings. The Balaban J connectivity index is 0.00000182. The van der Waals surface area contributed by atoms with Crippen LogP contribution >= 0.6 is 43.7 Å². The summed E-state index contributed by atoms with van der Waals surface area (Å²) in [5.41, 5.74) is 0. The van der Waals surface area contributed by atoms with E-state index in [0.717, 1.165) is 50.8 Å². The summed E-state index contributed by atoms with van der Waals surface area (Å²) in [5, 5.41) is 25.0. The van der Waals surface area contributed by atoms with Crippen molar-refractivity contribution < 1.29 is 13.1 Å². The number of hydrogen-bond donors (Lipinski definition) is 0. The number of hydrogen-bond acceptors (Lipinski definition) is 2. The molecule has 0 N–H and O–H groups in total. The van der Waals surface area contributed by atoms with E-state index in [4.69, 9.17) is 41.5 Å². The zero-order chi connectivity index (χ0) is 25.5. The second-order valence-corrected chi connectivity index (χ2v) is 16.5. The van der Waals surface area contributed by atoms with Crippen LogP contribution in [0.1, 0.15) is 67.2 Å². The molecule has 0 radical (unpaired) electrons. The Bertz CT molecular complexity index is 467. The van der Waals surface area contributed by atoms with Crippen molar-refractivity contribution in [1.29, 1.82) is 0 Å². The van der Waals surface area contributed by atoms with Gasteiger partial charge in [-0.05, 0) is 11.5 Å². The van der Waals surface area contributed by atoms with Crippen LogP contribution in [-0.4, -0.2) is 84.4 Å². The first-order valence-electron chi connectivity index (χ1n) is 12.5. The molecule has 0 amide bonds. The van der Waals surface area contributed by atoms with Crippen LogP contribution in [0.3, 0.4) is 0 Å². The second kappa shape index (κ2) is 18.8. The molecule has 10 heteroatoms. The summed E-state index contributed by atoms with van der Waals surface area (Å²) in [5.74, 6) is 2.09. The van der Waals surface area contributed by atoms with Gasteiger partial charge in [-0.2, -0.15) is 74.9 Å². The standard InChI is InChI=1S/C24H46N5S2.2ClH.Mn/c1-23(2,3)30-17-19-15-28-21-9-7-8-10-22(21)29-16-20(18-31-24(4,5)6)27-14-12-25-11-13-26-19;;;/h19-22H,7-18H2,1-6H3;2*1H;/q-5;;;+2/p-2/t19-,20-,21-,22-;;;/m1.../s1. The van der Waals surface area contributed by atoms with Crippen molar-refractivity contribution in [3.05, 3.63) is 26.6 Å². The average molecular weight is 595 g/mol. The number of thioether (sulfide) groups is 2. The Morgan fingerprint density at radius 3 is 1.41 bits per heavy atom. The number of nitrogens with zero attached hydrogens (tertiary/aromatic N) is 5. The van der Waals surface area contributed by atoms with Crippen molar-refractivity contribution in [2.45, 2.75) is 101 Å². The van der Waals surface area contributed by atoms with Gasteiger partial charge in [-0.3, -0.25) is 0 Å². The van der Waals surface area contributed by atoms with Gasteiger partial charge in [-0.1, -0.05) is 67.2 Å². The van der Waals surface area contributed by atoms with Crippen LogP contribution in [-0.2, 0) is 13.1 Å². The first-order chi connectivity index (χ1) is 16.0. The van der Waals surface area contributed by atoms with E-state index in [1.165, 1.54) is 25.7 Å². The van der Waals surface area contributed by atoms with Gasteiger partial charge in [0.2, 0.25) is 0 Å². The molecule has 1 aliphatic heterocycles. The molecule has 205 valence electrons. The molecule has 0 unspecified atom stereocenters. The topological polar surface area (TPSA) is 70.5 Å². The summed E-state index contributed by atoms with van der Waals surface area (Å²) >= 11 is 4.01. The molecule has 0 aromatic heterocycles. The Morgan fingerprint density at radius 1 is 0.676 bits per heavy atom. The summed E-state index contributed by atoms with van der Waals surface area (Å²) in [6, 6.07) is 1.34. The molecular weight excluding hydrogens is 548 g/mol. The Labute approximate surface area is 233 Å². The molecule has 1 saturated heterocycles. The minimum atomic E-state index is 0.00694. The summed E-state index contributed by atoms with van der Waals surface area (Å²) in [4.78, 5) is 0. The minimum absolute atomic E-state index is 0.00694. The van der Waals surface area contributed by atoms with E-state index >= 15 is 0 Å². The fourth-order valence-corrected chi connectivity index (χ4v) is 5.59. The quantitative estimate of drug-likeness (QED) is 0.307. The van der Waals surface area contributed by atoms with Crippen molar-refractivity contribution in [1.82, 2.24) is 0 Å². The monoisotopic (exact) mass is 593 g/mol. The van der Waals surface area contributed by atoms with Crippen LogP contribution in [0.15, 0.2) is 0 Å².